The first kappa shape index (κ1) is 14.2. The summed E-state index contributed by atoms with van der Waals surface area (Å²) < 4.78 is 0. The Morgan fingerprint density at radius 2 is 2.05 bits per heavy atom. The van der Waals surface area contributed by atoms with E-state index in [-0.39, 0.29) is 5.91 Å². The Morgan fingerprint density at radius 1 is 1.23 bits per heavy atom. The van der Waals surface area contributed by atoms with E-state index < -0.39 is 0 Å². The number of carbonyl (C=O) groups is 1. The lowest BCUT2D eigenvalue weighted by Gasteiger charge is -2.17. The number of benzene rings is 1. The van der Waals surface area contributed by atoms with Crippen molar-refractivity contribution in [1.29, 1.82) is 0 Å². The second-order valence-electron chi connectivity index (χ2n) is 4.97. The van der Waals surface area contributed by atoms with Crippen LogP contribution in [0.1, 0.15) is 6.92 Å². The number of hydrogen-bond acceptors (Lipinski definition) is 4. The van der Waals surface area contributed by atoms with Crippen molar-refractivity contribution in [2.75, 3.05) is 11.9 Å². The molecule has 1 amide bonds. The lowest BCUT2D eigenvalue weighted by atomic mass is 9.94. The van der Waals surface area contributed by atoms with Crippen LogP contribution in [0.25, 0.3) is 22.3 Å². The smallest absolute Gasteiger partial charge is 0.224 e. The topological polar surface area (TPSA) is 59.0 Å². The maximum absolute atomic E-state index is 11.7. The number of anilines is 1. The van der Waals surface area contributed by atoms with Crippen molar-refractivity contribution in [2.45, 2.75) is 6.92 Å². The molecule has 0 aliphatic heterocycles. The van der Waals surface area contributed by atoms with Gasteiger partial charge in [-0.15, -0.1) is 0 Å². The molecule has 2 aromatic heterocycles. The number of nitrogens with zero attached hydrogens (tertiary/aromatic N) is 4. The van der Waals surface area contributed by atoms with Gasteiger partial charge in [0.05, 0.1) is 5.52 Å². The molecule has 0 saturated heterocycles. The molecule has 5 nitrogen and oxygen atoms in total. The zero-order valence-corrected chi connectivity index (χ0v) is 12.3. The summed E-state index contributed by atoms with van der Waals surface area (Å²) in [6.07, 6.45) is 3.38. The Hall–Kier alpha value is -2.76. The summed E-state index contributed by atoms with van der Waals surface area (Å²) >= 11 is 0. The maximum Gasteiger partial charge on any atom is 0.224 e. The summed E-state index contributed by atoms with van der Waals surface area (Å²) in [4.78, 5) is 26.4. The van der Waals surface area contributed by atoms with Gasteiger partial charge in [-0.25, -0.2) is 9.97 Å². The minimum atomic E-state index is -0.112. The van der Waals surface area contributed by atoms with Crippen molar-refractivity contribution < 1.29 is 4.79 Å². The fourth-order valence-corrected chi connectivity index (χ4v) is 2.16. The van der Waals surface area contributed by atoms with E-state index in [1.54, 1.807) is 31.6 Å². The second-order valence-corrected chi connectivity index (χ2v) is 4.97. The first-order valence-corrected chi connectivity index (χ1v) is 6.78. The van der Waals surface area contributed by atoms with Gasteiger partial charge >= 0.3 is 0 Å². The molecule has 22 heavy (non-hydrogen) atoms. The van der Waals surface area contributed by atoms with E-state index >= 15 is 0 Å². The number of fused-ring (bicyclic) bond motifs is 1. The molecule has 0 bridgehead atoms. The summed E-state index contributed by atoms with van der Waals surface area (Å²) in [5, 5.41) is 0.741. The van der Waals surface area contributed by atoms with E-state index in [0.717, 1.165) is 16.5 Å². The number of rotatable bonds is 2. The van der Waals surface area contributed by atoms with Gasteiger partial charge in [0.2, 0.25) is 5.91 Å². The summed E-state index contributed by atoms with van der Waals surface area (Å²) in [5.74, 6) is 0.941. The van der Waals surface area contributed by atoms with Gasteiger partial charge in [-0.1, -0.05) is 17.6 Å². The Kier molecular flexibility index (Phi) is 3.59. The van der Waals surface area contributed by atoms with Crippen LogP contribution in [0.15, 0.2) is 42.7 Å². The van der Waals surface area contributed by atoms with E-state index in [1.165, 1.54) is 11.8 Å². The van der Waals surface area contributed by atoms with E-state index in [9.17, 15) is 4.79 Å². The molecule has 0 aliphatic carbocycles. The highest BCUT2D eigenvalue weighted by Crippen LogP contribution is 2.26. The quantitative estimate of drug-likeness (QED) is 0.670. The van der Waals surface area contributed by atoms with Crippen molar-refractivity contribution in [1.82, 2.24) is 15.0 Å². The van der Waals surface area contributed by atoms with Gasteiger partial charge in [0, 0.05) is 37.3 Å². The zero-order valence-electron chi connectivity index (χ0n) is 12.3. The first-order chi connectivity index (χ1) is 10.6. The average molecular weight is 288 g/mol. The molecule has 2 radical (unpaired) electrons. The molecule has 0 saturated carbocycles. The van der Waals surface area contributed by atoms with Crippen LogP contribution in [0.3, 0.4) is 0 Å². The standard InChI is InChI=1S/C16H13BN4O/c1-10(22)21(2)16-13-8-12(17)5-6-14(13)19-15(20-16)11-4-3-7-18-9-11/h3-9H,1-2H3. The van der Waals surface area contributed by atoms with Gasteiger partial charge in [-0.3, -0.25) is 14.7 Å². The third-order valence-corrected chi connectivity index (χ3v) is 3.41. The largest absolute Gasteiger partial charge is 0.300 e. The number of aromatic nitrogens is 3. The molecule has 0 N–H and O–H groups in total. The SMILES string of the molecule is [B]c1ccc2nc(-c3cccnc3)nc(N(C)C(C)=O)c2c1. The van der Waals surface area contributed by atoms with Crippen LogP contribution in [0.2, 0.25) is 0 Å². The summed E-state index contributed by atoms with van der Waals surface area (Å²) in [6.45, 7) is 1.49. The Balaban J connectivity index is 2.29. The Labute approximate surface area is 129 Å². The highest BCUT2D eigenvalue weighted by Gasteiger charge is 2.15. The molecule has 0 fully saturated rings. The molecule has 6 heteroatoms. The lowest BCUT2D eigenvalue weighted by Crippen LogP contribution is -2.24. The second kappa shape index (κ2) is 5.56. The number of carbonyl (C=O) groups excluding carboxylic acids is 1. The van der Waals surface area contributed by atoms with Crippen LogP contribution in [-0.2, 0) is 4.79 Å². The molecule has 3 rings (SSSR count). The van der Waals surface area contributed by atoms with E-state index in [2.05, 4.69) is 15.0 Å². The molecule has 0 atom stereocenters. The molecule has 0 aliphatic rings. The predicted octanol–water partition coefficient (Wildman–Crippen LogP) is 1.47. The minimum Gasteiger partial charge on any atom is -0.300 e. The minimum absolute atomic E-state index is 0.112. The maximum atomic E-state index is 11.7. The van der Waals surface area contributed by atoms with Crippen LogP contribution >= 0.6 is 0 Å². The summed E-state index contributed by atoms with van der Waals surface area (Å²) in [6, 6.07) is 9.07. The number of amides is 1. The molecule has 0 spiro atoms. The van der Waals surface area contributed by atoms with E-state index in [1.807, 2.05) is 18.2 Å². The first-order valence-electron chi connectivity index (χ1n) is 6.78. The number of pyridine rings is 1. The number of hydrogen-bond donors (Lipinski definition) is 0. The van der Waals surface area contributed by atoms with Gasteiger partial charge in [0.1, 0.15) is 13.7 Å². The fourth-order valence-electron chi connectivity index (χ4n) is 2.16. The third kappa shape index (κ3) is 2.55. The molecule has 0 unspecified atom stereocenters. The van der Waals surface area contributed by atoms with Crippen molar-refractivity contribution in [3.63, 3.8) is 0 Å². The Morgan fingerprint density at radius 3 is 2.73 bits per heavy atom. The van der Waals surface area contributed by atoms with Crippen molar-refractivity contribution in [3.05, 3.63) is 42.7 Å². The summed E-state index contributed by atoms with van der Waals surface area (Å²) in [5.41, 5.74) is 2.12. The van der Waals surface area contributed by atoms with Crippen LogP contribution in [0.5, 0.6) is 0 Å². The van der Waals surface area contributed by atoms with Crippen LogP contribution in [0.4, 0.5) is 5.82 Å². The molecular weight excluding hydrogens is 275 g/mol. The zero-order chi connectivity index (χ0) is 15.7. The van der Waals surface area contributed by atoms with Crippen LogP contribution in [-0.4, -0.2) is 35.8 Å². The average Bonchev–Trinajstić information content (AvgIpc) is 2.54. The lowest BCUT2D eigenvalue weighted by molar-refractivity contribution is -0.116. The van der Waals surface area contributed by atoms with Crippen molar-refractivity contribution in [3.8, 4) is 11.4 Å². The van der Waals surface area contributed by atoms with Crippen molar-refractivity contribution >= 4 is 35.9 Å². The molecular formula is C16H13BN4O. The van der Waals surface area contributed by atoms with E-state index in [4.69, 9.17) is 7.85 Å². The molecule has 2 heterocycles. The highest BCUT2D eigenvalue weighted by atomic mass is 16.2. The molecule has 106 valence electrons. The van der Waals surface area contributed by atoms with Crippen LogP contribution < -0.4 is 10.4 Å². The predicted molar refractivity (Wildman–Crippen MR) is 87.2 cm³/mol. The normalized spacial score (nSPS) is 10.6. The molecule has 3 aromatic rings. The summed E-state index contributed by atoms with van der Waals surface area (Å²) in [7, 11) is 7.53. The monoisotopic (exact) mass is 288 g/mol. The molecule has 1 aromatic carbocycles. The third-order valence-electron chi connectivity index (χ3n) is 3.41. The highest BCUT2D eigenvalue weighted by molar-refractivity contribution is 6.33. The van der Waals surface area contributed by atoms with Crippen molar-refractivity contribution in [2.24, 2.45) is 0 Å². The van der Waals surface area contributed by atoms with E-state index in [0.29, 0.717) is 17.1 Å². The Bertz CT molecular complexity index is 851. The van der Waals surface area contributed by atoms with Gasteiger partial charge < -0.3 is 0 Å². The van der Waals surface area contributed by atoms with Gasteiger partial charge in [0.15, 0.2) is 5.82 Å². The van der Waals surface area contributed by atoms with Gasteiger partial charge in [-0.05, 0) is 18.2 Å². The fraction of sp³-hybridized carbons (Fsp3) is 0.125. The van der Waals surface area contributed by atoms with Crippen LogP contribution in [0, 0.1) is 0 Å². The van der Waals surface area contributed by atoms with Gasteiger partial charge in [-0.2, -0.15) is 0 Å². The van der Waals surface area contributed by atoms with Gasteiger partial charge in [0.25, 0.3) is 0 Å².